The minimum atomic E-state index is -0.421. The third-order valence-electron chi connectivity index (χ3n) is 10.5. The third kappa shape index (κ3) is 4.24. The Hall–Kier alpha value is -6.65. The maximum atomic E-state index is 8.54. The second kappa shape index (κ2) is 10.7. The molecule has 4 nitrogen and oxygen atoms in total. The first-order chi connectivity index (χ1) is 28.8. The summed E-state index contributed by atoms with van der Waals surface area (Å²) in [7, 11) is 0. The van der Waals surface area contributed by atoms with Gasteiger partial charge in [-0.1, -0.05) is 92.6 Å². The molecule has 1 aliphatic carbocycles. The van der Waals surface area contributed by atoms with Crippen LogP contribution in [0.1, 0.15) is 35.9 Å². The average Bonchev–Trinajstić information content (AvgIpc) is 4.04. The molecular formula is C48H32N2O2. The summed E-state index contributed by atoms with van der Waals surface area (Å²) in [6.07, 6.45) is 0. The summed E-state index contributed by atoms with van der Waals surface area (Å²) in [6, 6.07) is 34.5. The van der Waals surface area contributed by atoms with Crippen molar-refractivity contribution >= 4 is 43.9 Å². The van der Waals surface area contributed by atoms with E-state index in [0.717, 1.165) is 39.0 Å². The molecule has 0 spiro atoms. The van der Waals surface area contributed by atoms with E-state index in [9.17, 15) is 0 Å². The minimum Gasteiger partial charge on any atom is -0.456 e. The van der Waals surface area contributed by atoms with E-state index in [-0.39, 0.29) is 63.6 Å². The van der Waals surface area contributed by atoms with Crippen LogP contribution >= 0.6 is 0 Å². The summed E-state index contributed by atoms with van der Waals surface area (Å²) >= 11 is 0. The van der Waals surface area contributed by atoms with Gasteiger partial charge in [-0.25, -0.2) is 4.98 Å². The van der Waals surface area contributed by atoms with Gasteiger partial charge in [0, 0.05) is 38.4 Å². The van der Waals surface area contributed by atoms with Crippen molar-refractivity contribution in [2.45, 2.75) is 19.3 Å². The van der Waals surface area contributed by atoms with E-state index < -0.39 is 18.1 Å². The Morgan fingerprint density at radius 1 is 0.577 bits per heavy atom. The summed E-state index contributed by atoms with van der Waals surface area (Å²) < 4.78 is 81.5. The van der Waals surface area contributed by atoms with Crippen LogP contribution in [0.3, 0.4) is 0 Å². The van der Waals surface area contributed by atoms with Crippen molar-refractivity contribution in [3.05, 3.63) is 169 Å². The molecule has 0 bridgehead atoms. The third-order valence-corrected chi connectivity index (χ3v) is 10.5. The van der Waals surface area contributed by atoms with Crippen LogP contribution in [0.15, 0.2) is 166 Å². The van der Waals surface area contributed by atoms with Crippen molar-refractivity contribution in [1.82, 2.24) is 9.55 Å². The van der Waals surface area contributed by atoms with E-state index in [1.807, 2.05) is 18.2 Å². The second-order valence-corrected chi connectivity index (χ2v) is 13.8. The van der Waals surface area contributed by atoms with Crippen molar-refractivity contribution in [3.8, 4) is 50.7 Å². The van der Waals surface area contributed by atoms with Gasteiger partial charge in [0.1, 0.15) is 16.9 Å². The lowest BCUT2D eigenvalue weighted by molar-refractivity contribution is 0.619. The minimum absolute atomic E-state index is 0.00716. The van der Waals surface area contributed by atoms with Gasteiger partial charge >= 0.3 is 0 Å². The van der Waals surface area contributed by atoms with Crippen molar-refractivity contribution in [1.29, 1.82) is 0 Å². The molecule has 3 aromatic heterocycles. The smallest absolute Gasteiger partial charge is 0.227 e. The zero-order chi connectivity index (χ0) is 41.5. The first kappa shape index (κ1) is 22.2. The highest BCUT2D eigenvalue weighted by molar-refractivity contribution is 6.11. The van der Waals surface area contributed by atoms with Gasteiger partial charge in [-0.15, -0.1) is 0 Å². The van der Waals surface area contributed by atoms with Gasteiger partial charge in [0.2, 0.25) is 5.89 Å². The molecule has 4 heteroatoms. The number of oxazole rings is 1. The molecule has 52 heavy (non-hydrogen) atoms. The topological polar surface area (TPSA) is 44.1 Å². The van der Waals surface area contributed by atoms with Gasteiger partial charge in [0.15, 0.2) is 5.58 Å². The van der Waals surface area contributed by atoms with Crippen LogP contribution < -0.4 is 0 Å². The SMILES string of the molecule is [2H]c1c([2H])c([2H])c2oc(-c3cc(-c4ccc5c(c4)C(C)(C)c4cc6c(cc4-5)c4ccccc4n6-c4ccccc4)cc(-c4nc5c([2H])c([2H])c([2H])c([2H])c5o4)c3)cc2c1[2H]. The summed E-state index contributed by atoms with van der Waals surface area (Å²) in [6.45, 7) is 4.49. The lowest BCUT2D eigenvalue weighted by atomic mass is 9.81. The monoisotopic (exact) mass is 676 g/mol. The molecule has 3 heterocycles. The van der Waals surface area contributed by atoms with Crippen molar-refractivity contribution in [2.75, 3.05) is 0 Å². The second-order valence-electron chi connectivity index (χ2n) is 13.8. The van der Waals surface area contributed by atoms with E-state index in [1.165, 1.54) is 21.9 Å². The van der Waals surface area contributed by atoms with Crippen LogP contribution in [0.4, 0.5) is 0 Å². The molecule has 7 aromatic carbocycles. The molecule has 0 N–H and O–H groups in total. The Morgan fingerprint density at radius 2 is 1.33 bits per heavy atom. The molecular weight excluding hydrogens is 637 g/mol. The normalized spacial score (nSPS) is 15.5. The highest BCUT2D eigenvalue weighted by Crippen LogP contribution is 2.52. The van der Waals surface area contributed by atoms with Crippen LogP contribution in [0, 0.1) is 0 Å². The first-order valence-electron chi connectivity index (χ1n) is 21.1. The molecule has 0 atom stereocenters. The van der Waals surface area contributed by atoms with E-state index in [4.69, 9.17) is 19.8 Å². The van der Waals surface area contributed by atoms with Crippen LogP contribution in [-0.4, -0.2) is 9.55 Å². The number of fused-ring (bicyclic) bond motifs is 8. The van der Waals surface area contributed by atoms with Crippen LogP contribution in [0.25, 0.3) is 94.6 Å². The van der Waals surface area contributed by atoms with Gasteiger partial charge in [0.25, 0.3) is 0 Å². The number of nitrogens with zero attached hydrogens (tertiary/aromatic N) is 2. The van der Waals surface area contributed by atoms with Gasteiger partial charge < -0.3 is 13.4 Å². The number of para-hydroxylation sites is 5. The molecule has 0 unspecified atom stereocenters. The van der Waals surface area contributed by atoms with Crippen LogP contribution in [0.5, 0.6) is 0 Å². The Balaban J connectivity index is 1.11. The molecule has 1 aliphatic rings. The number of rotatable bonds is 4. The average molecular weight is 677 g/mol. The van der Waals surface area contributed by atoms with Crippen molar-refractivity contribution in [2.24, 2.45) is 0 Å². The van der Waals surface area contributed by atoms with Gasteiger partial charge in [0.05, 0.1) is 22.0 Å². The fraction of sp³-hybridized carbons (Fsp3) is 0.0625. The Kier molecular flexibility index (Phi) is 4.56. The Morgan fingerprint density at radius 3 is 2.23 bits per heavy atom. The Labute approximate surface area is 311 Å². The number of aromatic nitrogens is 2. The fourth-order valence-corrected chi connectivity index (χ4v) is 7.99. The van der Waals surface area contributed by atoms with E-state index in [2.05, 4.69) is 102 Å². The standard InChI is InChI=1S/C48H32N2O2/c1-48(2)39-25-29(20-21-35(39)37-27-38-36-15-7-9-17-42(36)50(43(38)28-40(37)48)34-13-4-3-5-14-34)31-22-32(46-26-30-12-6-10-18-44(30)51-46)24-33(23-31)47-49-41-16-8-11-19-45(41)52-47/h3-28H,1-2H3/i6D,8D,10D,11D,12D,16D,18D,19D. The van der Waals surface area contributed by atoms with E-state index in [1.54, 1.807) is 12.1 Å². The summed E-state index contributed by atoms with van der Waals surface area (Å²) in [5.41, 5.74) is 10.3. The number of hydrogen-bond acceptors (Lipinski definition) is 3. The molecule has 0 fully saturated rings. The zero-order valence-corrected chi connectivity index (χ0v) is 28.1. The largest absolute Gasteiger partial charge is 0.456 e. The van der Waals surface area contributed by atoms with Gasteiger partial charge in [-0.05, 0) is 112 Å². The molecule has 11 rings (SSSR count). The lowest BCUT2D eigenvalue weighted by Gasteiger charge is -2.22. The summed E-state index contributed by atoms with van der Waals surface area (Å²) in [4.78, 5) is 4.57. The zero-order valence-electron chi connectivity index (χ0n) is 36.1. The summed E-state index contributed by atoms with van der Waals surface area (Å²) in [5, 5.41) is 2.59. The number of benzene rings is 7. The van der Waals surface area contributed by atoms with Crippen molar-refractivity contribution in [3.63, 3.8) is 0 Å². The van der Waals surface area contributed by atoms with Crippen LogP contribution in [-0.2, 0) is 5.41 Å². The fourth-order valence-electron chi connectivity index (χ4n) is 7.99. The first-order valence-corrected chi connectivity index (χ1v) is 17.1. The molecule has 0 aliphatic heterocycles. The molecule has 10 aromatic rings. The van der Waals surface area contributed by atoms with E-state index in [0.29, 0.717) is 16.9 Å². The predicted molar refractivity (Wildman–Crippen MR) is 212 cm³/mol. The molecule has 0 radical (unpaired) electrons. The molecule has 246 valence electrons. The predicted octanol–water partition coefficient (Wildman–Crippen LogP) is 13.0. The lowest BCUT2D eigenvalue weighted by Crippen LogP contribution is -2.15. The molecule has 0 saturated carbocycles. The highest BCUT2D eigenvalue weighted by Gasteiger charge is 2.37. The van der Waals surface area contributed by atoms with Gasteiger partial charge in [-0.2, -0.15) is 0 Å². The summed E-state index contributed by atoms with van der Waals surface area (Å²) in [5.74, 6) is 0.374. The maximum Gasteiger partial charge on any atom is 0.227 e. The highest BCUT2D eigenvalue weighted by atomic mass is 16.3. The van der Waals surface area contributed by atoms with Crippen molar-refractivity contribution < 1.29 is 19.8 Å². The van der Waals surface area contributed by atoms with Gasteiger partial charge in [-0.3, -0.25) is 0 Å². The quantitative estimate of drug-likeness (QED) is 0.186. The number of furan rings is 1. The van der Waals surface area contributed by atoms with E-state index >= 15 is 0 Å². The number of hydrogen-bond donors (Lipinski definition) is 0. The molecule has 0 amide bonds. The molecule has 0 saturated heterocycles. The Bertz CT molecular complexity index is 3300. The van der Waals surface area contributed by atoms with Crippen LogP contribution in [0.2, 0.25) is 0 Å². The maximum absolute atomic E-state index is 8.54.